The van der Waals surface area contributed by atoms with Gasteiger partial charge in [0.2, 0.25) is 5.91 Å². The Morgan fingerprint density at radius 2 is 1.89 bits per heavy atom. The van der Waals surface area contributed by atoms with Crippen LogP contribution in [0.4, 0.5) is 10.9 Å². The third-order valence-corrected chi connectivity index (χ3v) is 7.38. The molecule has 0 bridgehead atoms. The highest BCUT2D eigenvalue weighted by Gasteiger charge is 2.27. The lowest BCUT2D eigenvalue weighted by Gasteiger charge is -2.31. The van der Waals surface area contributed by atoms with Crippen molar-refractivity contribution in [3.8, 4) is 11.3 Å². The first-order valence-corrected chi connectivity index (χ1v) is 13.0. The Morgan fingerprint density at radius 1 is 1.09 bits per heavy atom. The molecule has 0 unspecified atom stereocenters. The topological polar surface area (TPSA) is 101 Å². The number of anilines is 2. The summed E-state index contributed by atoms with van der Waals surface area (Å²) in [6.07, 6.45) is 1.51. The molecule has 1 aliphatic rings. The van der Waals surface area contributed by atoms with E-state index in [2.05, 4.69) is 76.7 Å². The first-order valence-electron chi connectivity index (χ1n) is 12.1. The number of hydrogen-bond donors (Lipinski definition) is 1. The molecule has 3 aromatic heterocycles. The van der Waals surface area contributed by atoms with E-state index >= 15 is 0 Å². The highest BCUT2D eigenvalue weighted by molar-refractivity contribution is 7.14. The molecule has 0 atom stereocenters. The summed E-state index contributed by atoms with van der Waals surface area (Å²) in [5.41, 5.74) is 5.30. The summed E-state index contributed by atoms with van der Waals surface area (Å²) in [4.78, 5) is 19.9. The highest BCUT2D eigenvalue weighted by Crippen LogP contribution is 2.34. The summed E-state index contributed by atoms with van der Waals surface area (Å²) in [5, 5.41) is 21.6. The number of amides is 1. The minimum atomic E-state index is -0.0491. The molecule has 1 N–H and O–H groups in total. The van der Waals surface area contributed by atoms with Crippen molar-refractivity contribution < 1.29 is 4.79 Å². The molecule has 1 saturated heterocycles. The fourth-order valence-electron chi connectivity index (χ4n) is 4.49. The summed E-state index contributed by atoms with van der Waals surface area (Å²) in [5.74, 6) is 1.68. The lowest BCUT2D eigenvalue weighted by atomic mass is 9.90. The zero-order valence-electron chi connectivity index (χ0n) is 20.5. The first-order chi connectivity index (χ1) is 16.9. The van der Waals surface area contributed by atoms with Crippen LogP contribution >= 0.6 is 11.3 Å². The molecule has 5 rings (SSSR count). The molecule has 0 radical (unpaired) electrons. The number of carbonyl (C=O) groups is 1. The monoisotopic (exact) mass is 490 g/mol. The van der Waals surface area contributed by atoms with E-state index < -0.39 is 0 Å². The highest BCUT2D eigenvalue weighted by atomic mass is 32.1. The lowest BCUT2D eigenvalue weighted by Crippen LogP contribution is -2.38. The zero-order valence-corrected chi connectivity index (χ0v) is 21.3. The van der Waals surface area contributed by atoms with Crippen LogP contribution in [0.15, 0.2) is 35.7 Å². The summed E-state index contributed by atoms with van der Waals surface area (Å²) in [6, 6.07) is 10.4. The number of nitrogens with one attached hydrogen (secondary N) is 1. The minimum absolute atomic E-state index is 0.0358. The Kier molecular flexibility index (Phi) is 6.46. The van der Waals surface area contributed by atoms with E-state index in [1.165, 1.54) is 27.1 Å². The second-order valence-corrected chi connectivity index (χ2v) is 10.5. The maximum absolute atomic E-state index is 13.0. The van der Waals surface area contributed by atoms with E-state index in [-0.39, 0.29) is 11.8 Å². The van der Waals surface area contributed by atoms with Gasteiger partial charge in [0.25, 0.3) is 0 Å². The van der Waals surface area contributed by atoms with Crippen LogP contribution in [0.25, 0.3) is 16.9 Å². The van der Waals surface area contributed by atoms with E-state index in [0.717, 1.165) is 43.0 Å². The van der Waals surface area contributed by atoms with Gasteiger partial charge in [-0.25, -0.2) is 4.98 Å². The number of nitrogens with zero attached hydrogens (tertiary/aromatic N) is 7. The van der Waals surface area contributed by atoms with Crippen LogP contribution in [0.2, 0.25) is 0 Å². The third-order valence-electron chi connectivity index (χ3n) is 6.62. The number of aromatic nitrogens is 6. The van der Waals surface area contributed by atoms with E-state index in [1.54, 1.807) is 0 Å². The molecular weight excluding hydrogens is 460 g/mol. The van der Waals surface area contributed by atoms with Crippen LogP contribution in [-0.2, 0) is 4.79 Å². The summed E-state index contributed by atoms with van der Waals surface area (Å²) in [7, 11) is 0. The van der Waals surface area contributed by atoms with Crippen molar-refractivity contribution in [1.82, 2.24) is 30.2 Å². The quantitative estimate of drug-likeness (QED) is 0.416. The van der Waals surface area contributed by atoms with Gasteiger partial charge in [-0.15, -0.1) is 26.2 Å². The summed E-state index contributed by atoms with van der Waals surface area (Å²) in [6.45, 7) is 10.3. The Labute approximate surface area is 208 Å². The predicted molar refractivity (Wildman–Crippen MR) is 138 cm³/mol. The van der Waals surface area contributed by atoms with Gasteiger partial charge >= 0.3 is 0 Å². The van der Waals surface area contributed by atoms with E-state index in [0.29, 0.717) is 22.6 Å². The largest absolute Gasteiger partial charge is 0.355 e. The number of rotatable bonds is 6. The molecule has 0 spiro atoms. The van der Waals surface area contributed by atoms with Crippen molar-refractivity contribution in [3.05, 3.63) is 46.8 Å². The maximum atomic E-state index is 13.0. The summed E-state index contributed by atoms with van der Waals surface area (Å²) >= 11 is 1.48. The van der Waals surface area contributed by atoms with Gasteiger partial charge < -0.3 is 10.2 Å². The average Bonchev–Trinajstić information content (AvgIpc) is 3.52. The van der Waals surface area contributed by atoms with Gasteiger partial charge in [0.05, 0.1) is 5.69 Å². The molecule has 0 aliphatic carbocycles. The molecule has 1 aliphatic heterocycles. The molecule has 10 heteroatoms. The van der Waals surface area contributed by atoms with Crippen molar-refractivity contribution >= 4 is 33.8 Å². The van der Waals surface area contributed by atoms with Crippen LogP contribution in [-0.4, -0.2) is 49.2 Å². The van der Waals surface area contributed by atoms with Gasteiger partial charge in [-0.1, -0.05) is 45.9 Å². The van der Waals surface area contributed by atoms with E-state index in [4.69, 9.17) is 4.98 Å². The molecule has 1 amide bonds. The fourth-order valence-corrected chi connectivity index (χ4v) is 5.21. The second-order valence-electron chi connectivity index (χ2n) is 9.66. The number of fused-ring (bicyclic) bond motifs is 1. The smallest absolute Gasteiger partial charge is 0.229 e. The van der Waals surface area contributed by atoms with E-state index in [1.807, 2.05) is 17.5 Å². The van der Waals surface area contributed by atoms with Crippen molar-refractivity contribution in [2.24, 2.45) is 5.92 Å². The van der Waals surface area contributed by atoms with Gasteiger partial charge in [0.1, 0.15) is 0 Å². The SMILES string of the molecule is CC(C)c1ccc(-c2csc(NC(=O)C3CCN(c4ccc5nnnn5n4)CC3)n2)c(C(C)C)c1. The van der Waals surface area contributed by atoms with Crippen molar-refractivity contribution in [1.29, 1.82) is 0 Å². The Morgan fingerprint density at radius 3 is 2.63 bits per heavy atom. The molecule has 0 saturated carbocycles. The molecule has 1 aromatic carbocycles. The molecule has 35 heavy (non-hydrogen) atoms. The molecular formula is C25H30N8OS. The van der Waals surface area contributed by atoms with Crippen LogP contribution in [0, 0.1) is 5.92 Å². The zero-order chi connectivity index (χ0) is 24.5. The Hall–Kier alpha value is -3.40. The van der Waals surface area contributed by atoms with Gasteiger partial charge in [0, 0.05) is 30.0 Å². The maximum Gasteiger partial charge on any atom is 0.229 e. The minimum Gasteiger partial charge on any atom is -0.355 e. The average molecular weight is 491 g/mol. The number of thiazole rings is 1. The fraction of sp³-hybridized carbons (Fsp3) is 0.440. The standard InChI is InChI=1S/C25H30N8OS/c1-15(2)18-5-6-19(20(13-18)16(3)4)21-14-35-25(26-21)27-24(34)17-9-11-32(12-10-17)23-8-7-22-28-30-31-33(22)29-23/h5-8,13-17H,9-12H2,1-4H3,(H,26,27,34). The number of benzene rings is 1. The molecule has 4 heterocycles. The van der Waals surface area contributed by atoms with Crippen molar-refractivity contribution in [2.75, 3.05) is 23.3 Å². The van der Waals surface area contributed by atoms with Crippen LogP contribution in [0.1, 0.15) is 63.5 Å². The first kappa shape index (κ1) is 23.3. The number of piperidine rings is 1. The van der Waals surface area contributed by atoms with E-state index in [9.17, 15) is 4.79 Å². The van der Waals surface area contributed by atoms with Gasteiger partial charge in [-0.3, -0.25) is 4.79 Å². The van der Waals surface area contributed by atoms with Crippen molar-refractivity contribution in [2.45, 2.75) is 52.4 Å². The van der Waals surface area contributed by atoms with Crippen LogP contribution in [0.5, 0.6) is 0 Å². The third kappa shape index (κ3) is 4.88. The molecule has 4 aromatic rings. The lowest BCUT2D eigenvalue weighted by molar-refractivity contribution is -0.120. The second kappa shape index (κ2) is 9.69. The number of hydrogen-bond acceptors (Lipinski definition) is 8. The van der Waals surface area contributed by atoms with Gasteiger partial charge in [0.15, 0.2) is 16.6 Å². The summed E-state index contributed by atoms with van der Waals surface area (Å²) < 4.78 is 1.43. The molecule has 182 valence electrons. The Balaban J connectivity index is 1.23. The number of carbonyl (C=O) groups excluding carboxylic acids is 1. The van der Waals surface area contributed by atoms with Gasteiger partial charge in [-0.05, 0) is 58.4 Å². The Bertz CT molecular complexity index is 1340. The molecule has 9 nitrogen and oxygen atoms in total. The van der Waals surface area contributed by atoms with Crippen molar-refractivity contribution in [3.63, 3.8) is 0 Å². The van der Waals surface area contributed by atoms with Crippen LogP contribution < -0.4 is 10.2 Å². The number of tetrazole rings is 1. The normalized spacial score (nSPS) is 14.9. The van der Waals surface area contributed by atoms with Crippen LogP contribution in [0.3, 0.4) is 0 Å². The van der Waals surface area contributed by atoms with Gasteiger partial charge in [-0.2, -0.15) is 0 Å². The predicted octanol–water partition coefficient (Wildman–Crippen LogP) is 4.74. The molecule has 1 fully saturated rings.